The normalized spacial score (nSPS) is 21.1. The molecule has 0 bridgehead atoms. The Bertz CT molecular complexity index is 1210. The molecule has 1 saturated heterocycles. The summed E-state index contributed by atoms with van der Waals surface area (Å²) < 4.78 is 0. The van der Waals surface area contributed by atoms with Crippen molar-refractivity contribution in [2.24, 2.45) is 0 Å². The Morgan fingerprint density at radius 2 is 1.58 bits per heavy atom. The summed E-state index contributed by atoms with van der Waals surface area (Å²) in [5.41, 5.74) is 3.24. The van der Waals surface area contributed by atoms with Crippen molar-refractivity contribution in [3.63, 3.8) is 0 Å². The summed E-state index contributed by atoms with van der Waals surface area (Å²) >= 11 is 0. The minimum atomic E-state index is -0.105. The number of phenolic OH excluding ortho intramolecular Hbond substituents is 1. The molecule has 3 aromatic rings. The molecule has 188 valence electrons. The molecular formula is C28H34N6O2. The fraction of sp³-hybridized carbons (Fsp3) is 0.464. The number of aliphatic hydroxyl groups is 1. The average molecular weight is 487 g/mol. The lowest BCUT2D eigenvalue weighted by molar-refractivity contribution is 0.187. The molecule has 8 heteroatoms. The predicted molar refractivity (Wildman–Crippen MR) is 140 cm³/mol. The minimum Gasteiger partial charge on any atom is -0.508 e. The molecule has 0 unspecified atom stereocenters. The van der Waals surface area contributed by atoms with Crippen LogP contribution in [0.15, 0.2) is 48.5 Å². The second-order valence-electron chi connectivity index (χ2n) is 10.2. The topological polar surface area (TPSA) is 88.8 Å². The maximum atomic E-state index is 10.3. The van der Waals surface area contributed by atoms with Crippen LogP contribution in [0.4, 0.5) is 11.9 Å². The van der Waals surface area contributed by atoms with Crippen LogP contribution in [0, 0.1) is 0 Å². The Morgan fingerprint density at radius 1 is 0.833 bits per heavy atom. The summed E-state index contributed by atoms with van der Waals surface area (Å²) in [4.78, 5) is 21.7. The van der Waals surface area contributed by atoms with Crippen molar-refractivity contribution < 1.29 is 10.2 Å². The first-order chi connectivity index (χ1) is 17.7. The predicted octanol–water partition coefficient (Wildman–Crippen LogP) is 3.23. The van der Waals surface area contributed by atoms with Crippen molar-refractivity contribution in [3.05, 3.63) is 59.7 Å². The van der Waals surface area contributed by atoms with E-state index in [2.05, 4.69) is 39.0 Å². The van der Waals surface area contributed by atoms with Crippen molar-refractivity contribution >= 4 is 11.9 Å². The van der Waals surface area contributed by atoms with E-state index in [1.165, 1.54) is 36.8 Å². The summed E-state index contributed by atoms with van der Waals surface area (Å²) in [7, 11) is 0. The molecule has 2 aromatic carbocycles. The van der Waals surface area contributed by atoms with E-state index in [4.69, 9.17) is 15.0 Å². The summed E-state index contributed by atoms with van der Waals surface area (Å²) in [6, 6.07) is 16.1. The van der Waals surface area contributed by atoms with Crippen LogP contribution in [0.2, 0.25) is 0 Å². The molecule has 1 aromatic heterocycles. The third-order valence-electron chi connectivity index (χ3n) is 7.98. The molecule has 1 saturated carbocycles. The van der Waals surface area contributed by atoms with Crippen molar-refractivity contribution in [2.75, 3.05) is 42.6 Å². The van der Waals surface area contributed by atoms with E-state index in [-0.39, 0.29) is 18.4 Å². The Balaban J connectivity index is 1.34. The van der Waals surface area contributed by atoms with Gasteiger partial charge in [-0.1, -0.05) is 49.2 Å². The second kappa shape index (κ2) is 10.0. The van der Waals surface area contributed by atoms with Gasteiger partial charge in [0.15, 0.2) is 5.82 Å². The third-order valence-corrected chi connectivity index (χ3v) is 7.98. The number of phenols is 1. The fourth-order valence-electron chi connectivity index (χ4n) is 5.94. The van der Waals surface area contributed by atoms with E-state index in [0.29, 0.717) is 24.3 Å². The van der Waals surface area contributed by atoms with E-state index in [0.717, 1.165) is 44.2 Å². The Labute approximate surface area is 212 Å². The first-order valence-corrected chi connectivity index (χ1v) is 13.2. The van der Waals surface area contributed by atoms with Crippen molar-refractivity contribution in [1.82, 2.24) is 19.9 Å². The number of fused-ring (bicyclic) bond motifs is 1. The van der Waals surface area contributed by atoms with Gasteiger partial charge in [-0.2, -0.15) is 15.0 Å². The van der Waals surface area contributed by atoms with Crippen molar-refractivity contribution in [1.29, 1.82) is 0 Å². The van der Waals surface area contributed by atoms with E-state index >= 15 is 0 Å². The zero-order chi connectivity index (χ0) is 24.5. The van der Waals surface area contributed by atoms with E-state index in [1.54, 1.807) is 12.1 Å². The number of aliphatic hydroxyl groups excluding tert-OH is 1. The van der Waals surface area contributed by atoms with Crippen LogP contribution in [0.25, 0.3) is 11.4 Å². The van der Waals surface area contributed by atoms with Gasteiger partial charge < -0.3 is 20.0 Å². The Hall–Kier alpha value is -3.23. The smallest absolute Gasteiger partial charge is 0.231 e. The van der Waals surface area contributed by atoms with Crippen LogP contribution in [-0.4, -0.2) is 74.9 Å². The van der Waals surface area contributed by atoms with Gasteiger partial charge in [0, 0.05) is 44.3 Å². The highest BCUT2D eigenvalue weighted by atomic mass is 16.3. The molecule has 2 fully saturated rings. The monoisotopic (exact) mass is 486 g/mol. The number of piperazine rings is 1. The van der Waals surface area contributed by atoms with Crippen LogP contribution in [0.1, 0.15) is 36.8 Å². The van der Waals surface area contributed by atoms with Crippen LogP contribution >= 0.6 is 0 Å². The quantitative estimate of drug-likeness (QED) is 0.568. The highest BCUT2D eigenvalue weighted by molar-refractivity contribution is 5.61. The number of aromatic hydroxyl groups is 1. The fourth-order valence-corrected chi connectivity index (χ4v) is 5.94. The van der Waals surface area contributed by atoms with Crippen LogP contribution in [0.3, 0.4) is 0 Å². The average Bonchev–Trinajstić information content (AvgIpc) is 3.47. The van der Waals surface area contributed by atoms with Gasteiger partial charge in [0.2, 0.25) is 11.9 Å². The molecule has 0 spiro atoms. The molecular weight excluding hydrogens is 452 g/mol. The summed E-state index contributed by atoms with van der Waals surface area (Å²) in [6.45, 7) is 4.46. The number of aromatic nitrogens is 3. The zero-order valence-electron chi connectivity index (χ0n) is 20.6. The molecule has 8 nitrogen and oxygen atoms in total. The maximum Gasteiger partial charge on any atom is 0.231 e. The maximum absolute atomic E-state index is 10.3. The second-order valence-corrected chi connectivity index (χ2v) is 10.2. The zero-order valence-corrected chi connectivity index (χ0v) is 20.6. The standard InChI is InChI=1S/C28H34N6O2/c35-19-24-16-20-6-1-2-7-22(20)18-34(24)28-30-26(21-8-5-11-25(36)17-21)29-27(31-28)33-14-12-32(13-15-33)23-9-3-4-10-23/h1-2,5-8,11,17,23-24,35-36H,3-4,9-10,12-16,18-19H2/t24-/m1/s1. The molecule has 3 aliphatic rings. The Morgan fingerprint density at radius 3 is 2.33 bits per heavy atom. The lowest BCUT2D eigenvalue weighted by Gasteiger charge is -2.39. The van der Waals surface area contributed by atoms with Gasteiger partial charge in [-0.25, -0.2) is 0 Å². The van der Waals surface area contributed by atoms with Gasteiger partial charge >= 0.3 is 0 Å². The highest BCUT2D eigenvalue weighted by Gasteiger charge is 2.31. The molecule has 1 aliphatic carbocycles. The van der Waals surface area contributed by atoms with E-state index < -0.39 is 0 Å². The van der Waals surface area contributed by atoms with Crippen LogP contribution in [-0.2, 0) is 13.0 Å². The lowest BCUT2D eigenvalue weighted by Crippen LogP contribution is -2.50. The van der Waals surface area contributed by atoms with Crippen molar-refractivity contribution in [2.45, 2.75) is 50.7 Å². The number of anilines is 2. The number of hydrogen-bond donors (Lipinski definition) is 2. The lowest BCUT2D eigenvalue weighted by atomic mass is 9.94. The molecule has 0 amide bonds. The molecule has 36 heavy (non-hydrogen) atoms. The van der Waals surface area contributed by atoms with E-state index in [9.17, 15) is 10.2 Å². The summed E-state index contributed by atoms with van der Waals surface area (Å²) in [6.07, 6.45) is 6.07. The molecule has 3 heterocycles. The number of rotatable bonds is 5. The molecule has 1 atom stereocenters. The summed E-state index contributed by atoms with van der Waals surface area (Å²) in [5.74, 6) is 1.96. The largest absolute Gasteiger partial charge is 0.508 e. The van der Waals surface area contributed by atoms with Gasteiger partial charge in [-0.15, -0.1) is 0 Å². The third kappa shape index (κ3) is 4.63. The van der Waals surface area contributed by atoms with Gasteiger partial charge in [0.05, 0.1) is 12.6 Å². The Kier molecular flexibility index (Phi) is 6.46. The minimum absolute atomic E-state index is 0.0247. The summed E-state index contributed by atoms with van der Waals surface area (Å²) in [5, 5.41) is 20.4. The van der Waals surface area contributed by atoms with Crippen LogP contribution in [0.5, 0.6) is 5.75 Å². The SMILES string of the molecule is OC[C@H]1Cc2ccccc2CN1c1nc(-c2cccc(O)c2)nc(N2CCN(C3CCCC3)CC2)n1. The highest BCUT2D eigenvalue weighted by Crippen LogP contribution is 2.31. The van der Waals surface area contributed by atoms with Gasteiger partial charge in [-0.3, -0.25) is 4.90 Å². The van der Waals surface area contributed by atoms with Gasteiger partial charge in [0.1, 0.15) is 5.75 Å². The molecule has 2 aliphatic heterocycles. The number of hydrogen-bond acceptors (Lipinski definition) is 8. The number of nitrogens with zero attached hydrogens (tertiary/aromatic N) is 6. The van der Waals surface area contributed by atoms with E-state index in [1.807, 2.05) is 12.1 Å². The molecule has 2 N–H and O–H groups in total. The van der Waals surface area contributed by atoms with Crippen LogP contribution < -0.4 is 9.80 Å². The van der Waals surface area contributed by atoms with Gasteiger partial charge in [-0.05, 0) is 42.5 Å². The molecule has 6 rings (SSSR count). The first kappa shape index (κ1) is 23.2. The number of benzene rings is 2. The first-order valence-electron chi connectivity index (χ1n) is 13.2. The van der Waals surface area contributed by atoms with Crippen molar-refractivity contribution in [3.8, 4) is 17.1 Å². The van der Waals surface area contributed by atoms with Gasteiger partial charge in [0.25, 0.3) is 0 Å². The molecule has 0 radical (unpaired) electrons.